The maximum Gasteiger partial charge on any atom is 0.408 e. The van der Waals surface area contributed by atoms with Gasteiger partial charge in [-0.05, 0) is 44.5 Å². The lowest BCUT2D eigenvalue weighted by Gasteiger charge is -2.23. The zero-order valence-electron chi connectivity index (χ0n) is 14.7. The highest BCUT2D eigenvalue weighted by molar-refractivity contribution is 6.30. The minimum absolute atomic E-state index is 0.0358. The molecule has 0 saturated carbocycles. The van der Waals surface area contributed by atoms with Gasteiger partial charge in [0.15, 0.2) is 0 Å². The average Bonchev–Trinajstić information content (AvgIpc) is 2.54. The molecule has 0 heterocycles. The monoisotopic (exact) mass is 378 g/mol. The van der Waals surface area contributed by atoms with Crippen LogP contribution in [0.2, 0.25) is 5.02 Å². The Hall–Kier alpha value is -2.60. The highest BCUT2D eigenvalue weighted by Crippen LogP contribution is 2.22. The lowest BCUT2D eigenvalue weighted by atomic mass is 10.1. The SMILES string of the molecule is CC(C)(C)OC(=O)N[C@H](C(=O)Nc1ccc(Cl)cc1F)c1ccccc1. The number of benzene rings is 2. The molecular formula is C19H20ClFN2O3. The molecule has 5 nitrogen and oxygen atoms in total. The van der Waals surface area contributed by atoms with E-state index in [0.717, 1.165) is 6.07 Å². The van der Waals surface area contributed by atoms with Crippen molar-refractivity contribution in [3.8, 4) is 0 Å². The highest BCUT2D eigenvalue weighted by atomic mass is 35.5. The number of alkyl carbamates (subject to hydrolysis) is 1. The van der Waals surface area contributed by atoms with Crippen molar-refractivity contribution in [3.63, 3.8) is 0 Å². The molecular weight excluding hydrogens is 359 g/mol. The predicted octanol–water partition coefficient (Wildman–Crippen LogP) is 4.68. The zero-order valence-corrected chi connectivity index (χ0v) is 15.4. The molecule has 0 aliphatic carbocycles. The van der Waals surface area contributed by atoms with Crippen molar-refractivity contribution in [1.29, 1.82) is 0 Å². The van der Waals surface area contributed by atoms with E-state index in [9.17, 15) is 14.0 Å². The number of rotatable bonds is 4. The summed E-state index contributed by atoms with van der Waals surface area (Å²) in [7, 11) is 0. The number of amides is 2. The predicted molar refractivity (Wildman–Crippen MR) is 98.6 cm³/mol. The Kier molecular flexibility index (Phi) is 6.21. The van der Waals surface area contributed by atoms with Crippen LogP contribution in [-0.2, 0) is 9.53 Å². The van der Waals surface area contributed by atoms with Crippen molar-refractivity contribution < 1.29 is 18.7 Å². The van der Waals surface area contributed by atoms with Gasteiger partial charge in [-0.25, -0.2) is 9.18 Å². The molecule has 0 saturated heterocycles. The van der Waals surface area contributed by atoms with Crippen LogP contribution in [0.5, 0.6) is 0 Å². The first-order valence-corrected chi connectivity index (χ1v) is 8.34. The van der Waals surface area contributed by atoms with E-state index in [4.69, 9.17) is 16.3 Å². The Balaban J connectivity index is 2.22. The van der Waals surface area contributed by atoms with Crippen LogP contribution < -0.4 is 10.6 Å². The molecule has 0 aliphatic heterocycles. The molecule has 0 aliphatic rings. The van der Waals surface area contributed by atoms with Gasteiger partial charge in [0.1, 0.15) is 17.5 Å². The summed E-state index contributed by atoms with van der Waals surface area (Å²) in [6.07, 6.45) is -0.752. The Morgan fingerprint density at radius 3 is 2.35 bits per heavy atom. The third-order valence-electron chi connectivity index (χ3n) is 3.25. The maximum atomic E-state index is 14.0. The number of hydrogen-bond donors (Lipinski definition) is 2. The number of hydrogen-bond acceptors (Lipinski definition) is 3. The van der Waals surface area contributed by atoms with Crippen LogP contribution >= 0.6 is 11.6 Å². The molecule has 2 aromatic carbocycles. The molecule has 2 rings (SSSR count). The molecule has 0 spiro atoms. The topological polar surface area (TPSA) is 67.4 Å². The summed E-state index contributed by atoms with van der Waals surface area (Å²) in [6, 6.07) is 11.5. The first kappa shape index (κ1) is 19.7. The van der Waals surface area contributed by atoms with Gasteiger partial charge >= 0.3 is 6.09 Å². The fourth-order valence-electron chi connectivity index (χ4n) is 2.17. The van der Waals surface area contributed by atoms with E-state index in [0.29, 0.717) is 5.56 Å². The smallest absolute Gasteiger partial charge is 0.408 e. The van der Waals surface area contributed by atoms with Crippen LogP contribution in [0.1, 0.15) is 32.4 Å². The molecule has 0 fully saturated rings. The van der Waals surface area contributed by atoms with Gasteiger partial charge in [0.25, 0.3) is 5.91 Å². The molecule has 0 unspecified atom stereocenters. The zero-order chi connectivity index (χ0) is 19.3. The molecule has 0 radical (unpaired) electrons. The quantitative estimate of drug-likeness (QED) is 0.811. The van der Waals surface area contributed by atoms with Gasteiger partial charge in [-0.15, -0.1) is 0 Å². The van der Waals surface area contributed by atoms with E-state index in [1.807, 2.05) is 0 Å². The standard InChI is InChI=1S/C19H20ClFN2O3/c1-19(2,3)26-18(25)23-16(12-7-5-4-6-8-12)17(24)22-15-10-9-13(20)11-14(15)21/h4-11,16H,1-3H3,(H,22,24)(H,23,25)/t16-/m0/s1. The number of halogens is 2. The normalized spacial score (nSPS) is 12.2. The summed E-state index contributed by atoms with van der Waals surface area (Å²) in [4.78, 5) is 24.8. The van der Waals surface area contributed by atoms with Crippen molar-refractivity contribution in [2.24, 2.45) is 0 Å². The van der Waals surface area contributed by atoms with E-state index in [2.05, 4.69) is 10.6 Å². The second kappa shape index (κ2) is 8.19. The summed E-state index contributed by atoms with van der Waals surface area (Å²) in [5.41, 5.74) is -0.221. The Bertz CT molecular complexity index is 791. The molecule has 2 aromatic rings. The van der Waals surface area contributed by atoms with Crippen molar-refractivity contribution in [1.82, 2.24) is 5.32 Å². The number of ether oxygens (including phenoxy) is 1. The summed E-state index contributed by atoms with van der Waals surface area (Å²) < 4.78 is 19.2. The number of anilines is 1. The van der Waals surface area contributed by atoms with Gasteiger partial charge in [-0.1, -0.05) is 41.9 Å². The van der Waals surface area contributed by atoms with Crippen LogP contribution in [0.15, 0.2) is 48.5 Å². The van der Waals surface area contributed by atoms with E-state index in [-0.39, 0.29) is 10.7 Å². The lowest BCUT2D eigenvalue weighted by molar-refractivity contribution is -0.118. The van der Waals surface area contributed by atoms with Crippen LogP contribution in [0.25, 0.3) is 0 Å². The molecule has 7 heteroatoms. The lowest BCUT2D eigenvalue weighted by Crippen LogP contribution is -2.40. The van der Waals surface area contributed by atoms with Gasteiger partial charge in [0.05, 0.1) is 5.69 Å². The summed E-state index contributed by atoms with van der Waals surface area (Å²) in [5, 5.41) is 5.20. The third kappa shape index (κ3) is 5.74. The van der Waals surface area contributed by atoms with Gasteiger partial charge in [0.2, 0.25) is 0 Å². The fraction of sp³-hybridized carbons (Fsp3) is 0.263. The van der Waals surface area contributed by atoms with Gasteiger partial charge in [-0.3, -0.25) is 4.79 Å². The van der Waals surface area contributed by atoms with Crippen molar-refractivity contribution in [2.75, 3.05) is 5.32 Å². The number of carbonyl (C=O) groups is 2. The van der Waals surface area contributed by atoms with E-state index < -0.39 is 29.5 Å². The third-order valence-corrected chi connectivity index (χ3v) is 3.48. The molecule has 0 bridgehead atoms. The molecule has 26 heavy (non-hydrogen) atoms. The summed E-state index contributed by atoms with van der Waals surface area (Å²) >= 11 is 5.72. The molecule has 2 amide bonds. The fourth-order valence-corrected chi connectivity index (χ4v) is 2.33. The minimum Gasteiger partial charge on any atom is -0.444 e. The van der Waals surface area contributed by atoms with Gasteiger partial charge < -0.3 is 15.4 Å². The van der Waals surface area contributed by atoms with Crippen LogP contribution in [0.4, 0.5) is 14.9 Å². The van der Waals surface area contributed by atoms with Crippen LogP contribution in [0.3, 0.4) is 0 Å². The molecule has 0 aromatic heterocycles. The number of nitrogens with one attached hydrogen (secondary N) is 2. The summed E-state index contributed by atoms with van der Waals surface area (Å²) in [5.74, 6) is -1.28. The Morgan fingerprint density at radius 2 is 1.77 bits per heavy atom. The first-order valence-electron chi connectivity index (χ1n) is 7.96. The van der Waals surface area contributed by atoms with Crippen molar-refractivity contribution in [2.45, 2.75) is 32.4 Å². The highest BCUT2D eigenvalue weighted by Gasteiger charge is 2.26. The second-order valence-electron chi connectivity index (χ2n) is 6.60. The molecule has 138 valence electrons. The van der Waals surface area contributed by atoms with Crippen LogP contribution in [0, 0.1) is 5.82 Å². The minimum atomic E-state index is -1.05. The van der Waals surface area contributed by atoms with Crippen molar-refractivity contribution in [3.05, 3.63) is 64.9 Å². The average molecular weight is 379 g/mol. The van der Waals surface area contributed by atoms with Crippen molar-refractivity contribution >= 4 is 29.3 Å². The van der Waals surface area contributed by atoms with E-state index in [1.165, 1.54) is 12.1 Å². The molecule has 1 atom stereocenters. The second-order valence-corrected chi connectivity index (χ2v) is 7.04. The molecule has 2 N–H and O–H groups in total. The summed E-state index contributed by atoms with van der Waals surface area (Å²) in [6.45, 7) is 5.15. The maximum absolute atomic E-state index is 14.0. The first-order chi connectivity index (χ1) is 12.2. The Morgan fingerprint density at radius 1 is 1.12 bits per heavy atom. The number of carbonyl (C=O) groups excluding carboxylic acids is 2. The Labute approximate surface area is 156 Å². The largest absolute Gasteiger partial charge is 0.444 e. The van der Waals surface area contributed by atoms with Gasteiger partial charge in [-0.2, -0.15) is 0 Å². The van der Waals surface area contributed by atoms with E-state index in [1.54, 1.807) is 51.1 Å². The van der Waals surface area contributed by atoms with Gasteiger partial charge in [0, 0.05) is 5.02 Å². The van der Waals surface area contributed by atoms with Crippen LogP contribution in [-0.4, -0.2) is 17.6 Å². The van der Waals surface area contributed by atoms with E-state index >= 15 is 0 Å².